The summed E-state index contributed by atoms with van der Waals surface area (Å²) in [5.41, 5.74) is -0.854. The summed E-state index contributed by atoms with van der Waals surface area (Å²) in [5.74, 6) is -0.925. The molecule has 0 radical (unpaired) electrons. The summed E-state index contributed by atoms with van der Waals surface area (Å²) in [5, 5.41) is 21.9. The molecule has 0 unspecified atom stereocenters. The topological polar surface area (TPSA) is 96.6 Å². The lowest BCUT2D eigenvalue weighted by Crippen LogP contribution is -2.23. The van der Waals surface area contributed by atoms with Crippen LogP contribution in [0.2, 0.25) is 0 Å². The van der Waals surface area contributed by atoms with Crippen LogP contribution in [0.25, 0.3) is 0 Å². The number of carboxylic acids is 1. The van der Waals surface area contributed by atoms with Gasteiger partial charge in [0.2, 0.25) is 0 Å². The molecule has 0 aliphatic carbocycles. The van der Waals surface area contributed by atoms with Gasteiger partial charge in [0.15, 0.2) is 0 Å². The van der Waals surface area contributed by atoms with E-state index in [1.54, 1.807) is 11.3 Å². The van der Waals surface area contributed by atoms with Crippen molar-refractivity contribution in [1.29, 1.82) is 0 Å². The molecule has 0 amide bonds. The number of hydrogen-bond donors (Lipinski definition) is 1. The predicted octanol–water partition coefficient (Wildman–Crippen LogP) is 2.78. The predicted molar refractivity (Wildman–Crippen MR) is 78.9 cm³/mol. The summed E-state index contributed by atoms with van der Waals surface area (Å²) >= 11 is 1.59. The van der Waals surface area contributed by atoms with Gasteiger partial charge in [0.25, 0.3) is 0 Å². The Balaban J connectivity index is 2.35. The van der Waals surface area contributed by atoms with Gasteiger partial charge in [0.05, 0.1) is 11.5 Å². The fraction of sp³-hybridized carbons (Fsp3) is 0.231. The van der Waals surface area contributed by atoms with Crippen molar-refractivity contribution in [3.8, 4) is 0 Å². The van der Waals surface area contributed by atoms with Gasteiger partial charge < -0.3 is 10.0 Å². The van der Waals surface area contributed by atoms with Gasteiger partial charge in [-0.3, -0.25) is 10.1 Å². The molecule has 110 valence electrons. The molecule has 0 saturated heterocycles. The van der Waals surface area contributed by atoms with Gasteiger partial charge in [0, 0.05) is 17.5 Å². The summed E-state index contributed by atoms with van der Waals surface area (Å²) in [6, 6.07) is 5.15. The summed E-state index contributed by atoms with van der Waals surface area (Å²) in [4.78, 5) is 28.2. The molecule has 8 heteroatoms. The lowest BCUT2D eigenvalue weighted by Gasteiger charge is -2.21. The maximum Gasteiger partial charge on any atom is 0.342 e. The Kier molecular flexibility index (Phi) is 4.49. The number of aromatic carboxylic acids is 1. The molecule has 0 saturated carbocycles. The number of carboxylic acid groups (broad SMARTS) is 1. The second-order valence-corrected chi connectivity index (χ2v) is 5.25. The van der Waals surface area contributed by atoms with E-state index in [-0.39, 0.29) is 5.56 Å². The number of anilines is 1. The van der Waals surface area contributed by atoms with Gasteiger partial charge >= 0.3 is 11.7 Å². The van der Waals surface area contributed by atoms with Crippen LogP contribution in [-0.4, -0.2) is 27.5 Å². The van der Waals surface area contributed by atoms with E-state index in [0.717, 1.165) is 11.1 Å². The van der Waals surface area contributed by atoms with E-state index < -0.39 is 16.6 Å². The number of nitrogens with zero attached hydrogens (tertiary/aromatic N) is 3. The van der Waals surface area contributed by atoms with Crippen molar-refractivity contribution >= 4 is 28.8 Å². The second kappa shape index (κ2) is 6.31. The molecule has 2 aromatic rings. The smallest absolute Gasteiger partial charge is 0.342 e. The average Bonchev–Trinajstić information content (AvgIpc) is 2.97. The third-order valence-corrected chi connectivity index (χ3v) is 3.79. The zero-order chi connectivity index (χ0) is 15.4. The summed E-state index contributed by atoms with van der Waals surface area (Å²) in [7, 11) is 0. The van der Waals surface area contributed by atoms with E-state index in [0.29, 0.717) is 18.9 Å². The van der Waals surface area contributed by atoms with Crippen molar-refractivity contribution in [2.24, 2.45) is 0 Å². The molecule has 0 aliphatic rings. The number of hydrogen-bond acceptors (Lipinski definition) is 6. The van der Waals surface area contributed by atoms with Crippen LogP contribution in [0.1, 0.15) is 22.2 Å². The molecule has 0 atom stereocenters. The monoisotopic (exact) mass is 307 g/mol. The van der Waals surface area contributed by atoms with Gasteiger partial charge in [-0.05, 0) is 18.4 Å². The Labute approximate surface area is 124 Å². The van der Waals surface area contributed by atoms with E-state index >= 15 is 0 Å². The van der Waals surface area contributed by atoms with Gasteiger partial charge in [0.1, 0.15) is 17.6 Å². The number of nitro groups is 1. The quantitative estimate of drug-likeness (QED) is 0.651. The third-order valence-electron chi connectivity index (χ3n) is 2.93. The molecule has 0 bridgehead atoms. The maximum atomic E-state index is 11.2. The van der Waals surface area contributed by atoms with Crippen molar-refractivity contribution < 1.29 is 14.8 Å². The SMILES string of the molecule is CCN(Cc1cccs1)c1cc(C(=O)O)c([N+](=O)[O-])cn1. The molecular formula is C13H13N3O4S. The van der Waals surface area contributed by atoms with E-state index in [2.05, 4.69) is 4.98 Å². The fourth-order valence-electron chi connectivity index (χ4n) is 1.87. The van der Waals surface area contributed by atoms with Crippen LogP contribution in [0.4, 0.5) is 11.5 Å². The fourth-order valence-corrected chi connectivity index (χ4v) is 2.59. The Bertz CT molecular complexity index is 657. The minimum atomic E-state index is -1.34. The van der Waals surface area contributed by atoms with Crippen LogP contribution in [0, 0.1) is 10.1 Å². The first-order chi connectivity index (χ1) is 10.0. The highest BCUT2D eigenvalue weighted by Crippen LogP contribution is 2.24. The second-order valence-electron chi connectivity index (χ2n) is 4.22. The number of rotatable bonds is 6. The normalized spacial score (nSPS) is 10.3. The lowest BCUT2D eigenvalue weighted by atomic mass is 10.2. The van der Waals surface area contributed by atoms with Crippen LogP contribution in [-0.2, 0) is 6.54 Å². The zero-order valence-corrected chi connectivity index (χ0v) is 12.0. The highest BCUT2D eigenvalue weighted by molar-refractivity contribution is 7.09. The molecule has 7 nitrogen and oxygen atoms in total. The van der Waals surface area contributed by atoms with Gasteiger partial charge in [-0.25, -0.2) is 9.78 Å². The molecular weight excluding hydrogens is 294 g/mol. The highest BCUT2D eigenvalue weighted by atomic mass is 32.1. The first-order valence-electron chi connectivity index (χ1n) is 6.18. The standard InChI is InChI=1S/C13H13N3O4S/c1-2-15(8-9-4-3-5-21-9)12-6-10(13(17)18)11(7-14-12)16(19)20/h3-7H,2,8H2,1H3,(H,17,18). The number of aromatic nitrogens is 1. The first-order valence-corrected chi connectivity index (χ1v) is 7.06. The largest absolute Gasteiger partial charge is 0.477 e. The Hall–Kier alpha value is -2.48. The molecule has 0 fully saturated rings. The van der Waals surface area contributed by atoms with E-state index in [1.807, 2.05) is 29.3 Å². The van der Waals surface area contributed by atoms with Crippen LogP contribution in [0.5, 0.6) is 0 Å². The Morgan fingerprint density at radius 3 is 2.86 bits per heavy atom. The zero-order valence-electron chi connectivity index (χ0n) is 11.2. The van der Waals surface area contributed by atoms with E-state index in [4.69, 9.17) is 5.11 Å². The number of thiophene rings is 1. The molecule has 0 spiro atoms. The van der Waals surface area contributed by atoms with Crippen molar-refractivity contribution in [3.05, 3.63) is 50.3 Å². The van der Waals surface area contributed by atoms with E-state index in [1.165, 1.54) is 6.07 Å². The minimum absolute atomic E-state index is 0.352. The summed E-state index contributed by atoms with van der Waals surface area (Å²) < 4.78 is 0. The van der Waals surface area contributed by atoms with Crippen LogP contribution in [0.3, 0.4) is 0 Å². The van der Waals surface area contributed by atoms with Crippen molar-refractivity contribution in [1.82, 2.24) is 4.98 Å². The van der Waals surface area contributed by atoms with Crippen LogP contribution < -0.4 is 4.90 Å². The first kappa shape index (κ1) is 14.9. The minimum Gasteiger partial charge on any atom is -0.477 e. The van der Waals surface area contributed by atoms with Gasteiger partial charge in [-0.1, -0.05) is 6.07 Å². The maximum absolute atomic E-state index is 11.2. The molecule has 0 aliphatic heterocycles. The van der Waals surface area contributed by atoms with Gasteiger partial charge in [-0.15, -0.1) is 11.3 Å². The molecule has 21 heavy (non-hydrogen) atoms. The molecule has 1 N–H and O–H groups in total. The van der Waals surface area contributed by atoms with Gasteiger partial charge in [-0.2, -0.15) is 0 Å². The molecule has 2 rings (SSSR count). The highest BCUT2D eigenvalue weighted by Gasteiger charge is 2.22. The van der Waals surface area contributed by atoms with Crippen LogP contribution >= 0.6 is 11.3 Å². The third kappa shape index (κ3) is 3.34. The number of pyridine rings is 1. The van der Waals surface area contributed by atoms with E-state index in [9.17, 15) is 14.9 Å². The van der Waals surface area contributed by atoms with Crippen LogP contribution in [0.15, 0.2) is 29.8 Å². The Morgan fingerprint density at radius 1 is 1.57 bits per heavy atom. The average molecular weight is 307 g/mol. The molecule has 0 aromatic carbocycles. The summed E-state index contributed by atoms with van der Waals surface area (Å²) in [6.07, 6.45) is 0.996. The van der Waals surface area contributed by atoms with Crippen molar-refractivity contribution in [2.45, 2.75) is 13.5 Å². The molecule has 2 aromatic heterocycles. The number of carbonyl (C=O) groups is 1. The van der Waals surface area contributed by atoms with Crippen molar-refractivity contribution in [2.75, 3.05) is 11.4 Å². The lowest BCUT2D eigenvalue weighted by molar-refractivity contribution is -0.385. The molecule has 2 heterocycles. The van der Waals surface area contributed by atoms with Crippen molar-refractivity contribution in [3.63, 3.8) is 0 Å². The Morgan fingerprint density at radius 2 is 2.33 bits per heavy atom. The summed E-state index contributed by atoms with van der Waals surface area (Å²) in [6.45, 7) is 3.11.